The van der Waals surface area contributed by atoms with Gasteiger partial charge in [-0.2, -0.15) is 5.26 Å². The summed E-state index contributed by atoms with van der Waals surface area (Å²) in [5, 5.41) is 14.2. The Bertz CT molecular complexity index is 989. The topological polar surface area (TPSA) is 59.4 Å². The Morgan fingerprint density at radius 3 is 2.74 bits per heavy atom. The largest absolute Gasteiger partial charge is 0.369 e. The smallest absolute Gasteiger partial charge is 0.248 e. The summed E-state index contributed by atoms with van der Waals surface area (Å²) in [4.78, 5) is 18.6. The lowest BCUT2D eigenvalue weighted by Gasteiger charge is -2.36. The Labute approximate surface area is 188 Å². The summed E-state index contributed by atoms with van der Waals surface area (Å²) in [5.41, 5.74) is 3.95. The van der Waals surface area contributed by atoms with Crippen molar-refractivity contribution in [2.24, 2.45) is 0 Å². The number of benzene rings is 2. The molecule has 0 unspecified atom stereocenters. The molecule has 0 radical (unpaired) electrons. The molecule has 0 aromatic heterocycles. The second-order valence-corrected chi connectivity index (χ2v) is 8.91. The van der Waals surface area contributed by atoms with Crippen LogP contribution in [0.25, 0.3) is 0 Å². The van der Waals surface area contributed by atoms with Gasteiger partial charge in [-0.3, -0.25) is 9.69 Å². The van der Waals surface area contributed by atoms with E-state index >= 15 is 0 Å². The first-order chi connectivity index (χ1) is 15.2. The first-order valence-electron chi connectivity index (χ1n) is 10.9. The number of hydrogen-bond acceptors (Lipinski definition) is 5. The third kappa shape index (κ3) is 5.69. The average Bonchev–Trinajstić information content (AvgIpc) is 2.84. The molecule has 2 aliphatic heterocycles. The van der Waals surface area contributed by atoms with Crippen molar-refractivity contribution < 1.29 is 4.79 Å². The van der Waals surface area contributed by atoms with E-state index in [-0.39, 0.29) is 5.91 Å². The molecule has 0 spiro atoms. The van der Waals surface area contributed by atoms with Crippen molar-refractivity contribution >= 4 is 23.4 Å². The van der Waals surface area contributed by atoms with Gasteiger partial charge in [-0.15, -0.1) is 0 Å². The monoisotopic (exact) mass is 432 g/mol. The van der Waals surface area contributed by atoms with E-state index in [9.17, 15) is 4.79 Å². The van der Waals surface area contributed by atoms with E-state index in [0.717, 1.165) is 69.8 Å². The molecule has 1 amide bonds. The second kappa shape index (κ2) is 10.5. The van der Waals surface area contributed by atoms with Crippen LogP contribution in [-0.2, 0) is 11.2 Å². The predicted octanol–water partition coefficient (Wildman–Crippen LogP) is 3.81. The zero-order chi connectivity index (χ0) is 21.5. The molecule has 2 aliphatic rings. The highest BCUT2D eigenvalue weighted by molar-refractivity contribution is 8.02. The van der Waals surface area contributed by atoms with Gasteiger partial charge >= 0.3 is 0 Å². The van der Waals surface area contributed by atoms with Crippen molar-refractivity contribution in [3.05, 3.63) is 70.6 Å². The van der Waals surface area contributed by atoms with Crippen molar-refractivity contribution in [1.82, 2.24) is 10.2 Å². The van der Waals surface area contributed by atoms with Crippen molar-refractivity contribution in [3.8, 4) is 6.07 Å². The molecular weight excluding hydrogens is 404 g/mol. The quantitative estimate of drug-likeness (QED) is 0.674. The molecule has 0 atom stereocenters. The van der Waals surface area contributed by atoms with Gasteiger partial charge in [-0.05, 0) is 54.6 Å². The summed E-state index contributed by atoms with van der Waals surface area (Å²) in [6.45, 7) is 5.83. The third-order valence-corrected chi connectivity index (χ3v) is 6.93. The number of hydrogen-bond donors (Lipinski definition) is 1. The minimum absolute atomic E-state index is 0.0650. The van der Waals surface area contributed by atoms with Gasteiger partial charge in [0.05, 0.1) is 11.6 Å². The second-order valence-electron chi connectivity index (χ2n) is 8.00. The van der Waals surface area contributed by atoms with Gasteiger partial charge < -0.3 is 10.2 Å². The Morgan fingerprint density at radius 2 is 1.90 bits per heavy atom. The van der Waals surface area contributed by atoms with Gasteiger partial charge in [-0.25, -0.2) is 0 Å². The zero-order valence-corrected chi connectivity index (χ0v) is 18.5. The first-order valence-corrected chi connectivity index (χ1v) is 11.8. The fourth-order valence-electron chi connectivity index (χ4n) is 4.06. The molecule has 4 rings (SSSR count). The van der Waals surface area contributed by atoms with E-state index < -0.39 is 0 Å². The maximum absolute atomic E-state index is 12.5. The number of amides is 1. The van der Waals surface area contributed by atoms with Crippen LogP contribution >= 0.6 is 11.8 Å². The van der Waals surface area contributed by atoms with Gasteiger partial charge in [0.25, 0.3) is 0 Å². The molecule has 2 aromatic rings. The number of unbranched alkanes of at least 4 members (excludes halogenated alkanes) is 1. The lowest BCUT2D eigenvalue weighted by molar-refractivity contribution is -0.117. The number of carbonyl (C=O) groups excluding carboxylic acids is 1. The number of fused-ring (bicyclic) bond motifs is 1. The minimum Gasteiger partial charge on any atom is -0.369 e. The van der Waals surface area contributed by atoms with Crippen molar-refractivity contribution in [3.63, 3.8) is 0 Å². The van der Waals surface area contributed by atoms with E-state index in [0.29, 0.717) is 5.56 Å². The Kier molecular flexibility index (Phi) is 7.29. The number of piperazine rings is 1. The van der Waals surface area contributed by atoms with Gasteiger partial charge in [0.2, 0.25) is 5.91 Å². The summed E-state index contributed by atoms with van der Waals surface area (Å²) in [6, 6.07) is 18.3. The predicted molar refractivity (Wildman–Crippen MR) is 126 cm³/mol. The van der Waals surface area contributed by atoms with Crippen LogP contribution in [0.4, 0.5) is 5.69 Å². The lowest BCUT2D eigenvalue weighted by atomic mass is 10.1. The Morgan fingerprint density at radius 1 is 1.06 bits per heavy atom. The third-order valence-electron chi connectivity index (χ3n) is 5.87. The van der Waals surface area contributed by atoms with Crippen LogP contribution in [0.2, 0.25) is 0 Å². The fraction of sp³-hybridized carbons (Fsp3) is 0.360. The number of nitriles is 1. The number of rotatable bonds is 7. The summed E-state index contributed by atoms with van der Waals surface area (Å²) >= 11 is 1.64. The molecule has 1 fully saturated rings. The fourth-order valence-corrected chi connectivity index (χ4v) is 4.97. The van der Waals surface area contributed by atoms with Crippen molar-refractivity contribution in [2.45, 2.75) is 24.2 Å². The summed E-state index contributed by atoms with van der Waals surface area (Å²) < 4.78 is 0. The number of nitrogens with one attached hydrogen (secondary N) is 1. The maximum atomic E-state index is 12.5. The molecule has 0 bridgehead atoms. The van der Waals surface area contributed by atoms with Crippen LogP contribution in [0.15, 0.2) is 64.4 Å². The molecule has 2 heterocycles. The number of nitrogens with zero attached hydrogens (tertiary/aromatic N) is 3. The average molecular weight is 433 g/mol. The molecular formula is C25H28N4OS. The molecule has 1 saturated heterocycles. The van der Waals surface area contributed by atoms with Crippen LogP contribution < -0.4 is 10.2 Å². The molecule has 2 aromatic carbocycles. The highest BCUT2D eigenvalue weighted by Gasteiger charge is 2.18. The summed E-state index contributed by atoms with van der Waals surface area (Å²) in [6.07, 6.45) is 2.80. The lowest BCUT2D eigenvalue weighted by Crippen LogP contribution is -2.46. The molecule has 0 saturated carbocycles. The van der Waals surface area contributed by atoms with Gasteiger partial charge in [-0.1, -0.05) is 36.0 Å². The molecule has 5 nitrogen and oxygen atoms in total. The SMILES string of the molecule is N#Cc1cccc(N2CCN(CCCCNC(=O)C3=CSc4ccccc4C3)CC2)c1. The number of thioether (sulfide) groups is 1. The van der Waals surface area contributed by atoms with Gasteiger partial charge in [0.15, 0.2) is 0 Å². The van der Waals surface area contributed by atoms with E-state index in [4.69, 9.17) is 5.26 Å². The van der Waals surface area contributed by atoms with Crippen LogP contribution in [0, 0.1) is 11.3 Å². The molecule has 160 valence electrons. The van der Waals surface area contributed by atoms with Crippen LogP contribution in [0.1, 0.15) is 24.0 Å². The standard InChI is InChI=1S/C25H28N4OS/c26-18-20-6-5-8-23(16-20)29-14-12-28(13-15-29)11-4-3-10-27-25(30)22-17-21-7-1-2-9-24(21)31-19-22/h1-2,5-9,16,19H,3-4,10-15,17H2,(H,27,30). The van der Waals surface area contributed by atoms with E-state index in [1.54, 1.807) is 11.8 Å². The summed E-state index contributed by atoms with van der Waals surface area (Å²) in [5.74, 6) is 0.0650. The zero-order valence-electron chi connectivity index (χ0n) is 17.7. The first kappa shape index (κ1) is 21.5. The van der Waals surface area contributed by atoms with Crippen molar-refractivity contribution in [2.75, 3.05) is 44.2 Å². The normalized spacial score (nSPS) is 16.2. The van der Waals surface area contributed by atoms with E-state index in [1.165, 1.54) is 10.5 Å². The number of anilines is 1. The number of carbonyl (C=O) groups is 1. The summed E-state index contributed by atoms with van der Waals surface area (Å²) in [7, 11) is 0. The van der Waals surface area contributed by atoms with E-state index in [2.05, 4.69) is 39.4 Å². The van der Waals surface area contributed by atoms with Gasteiger partial charge in [0.1, 0.15) is 0 Å². The molecule has 0 aliphatic carbocycles. The van der Waals surface area contributed by atoms with E-state index in [1.807, 2.05) is 35.7 Å². The molecule has 31 heavy (non-hydrogen) atoms. The van der Waals surface area contributed by atoms with Gasteiger partial charge in [0, 0.05) is 55.3 Å². The Balaban J connectivity index is 1.12. The van der Waals surface area contributed by atoms with Crippen molar-refractivity contribution in [1.29, 1.82) is 5.26 Å². The highest BCUT2D eigenvalue weighted by atomic mass is 32.2. The van der Waals surface area contributed by atoms with Crippen LogP contribution in [0.3, 0.4) is 0 Å². The highest BCUT2D eigenvalue weighted by Crippen LogP contribution is 2.31. The maximum Gasteiger partial charge on any atom is 0.248 e. The van der Waals surface area contributed by atoms with Crippen LogP contribution in [-0.4, -0.2) is 50.1 Å². The molecule has 1 N–H and O–H groups in total. The Hall–Kier alpha value is -2.75. The minimum atomic E-state index is 0.0650. The van der Waals surface area contributed by atoms with Crippen LogP contribution in [0.5, 0.6) is 0 Å². The molecule has 6 heteroatoms.